The number of hydrogen-bond donors (Lipinski definition) is 2. The van der Waals surface area contributed by atoms with E-state index >= 15 is 0 Å². The van der Waals surface area contributed by atoms with Gasteiger partial charge in [0.1, 0.15) is 0 Å². The summed E-state index contributed by atoms with van der Waals surface area (Å²) < 4.78 is 0. The Hall–Kier alpha value is -1.39. The molecule has 90 valence electrons. The van der Waals surface area contributed by atoms with E-state index in [2.05, 4.69) is 27.8 Å². The molecular weight excluding hydrogens is 230 g/mol. The minimum Gasteiger partial charge on any atom is -0.357 e. The van der Waals surface area contributed by atoms with Crippen molar-refractivity contribution in [2.24, 2.45) is 5.73 Å². The minimum absolute atomic E-state index is 0.166. The van der Waals surface area contributed by atoms with E-state index in [4.69, 9.17) is 5.73 Å². The van der Waals surface area contributed by atoms with Crippen LogP contribution < -0.4 is 11.1 Å². The smallest absolute Gasteiger partial charge is 0.183 e. The molecule has 0 fully saturated rings. The van der Waals surface area contributed by atoms with Crippen molar-refractivity contribution >= 4 is 16.5 Å². The highest BCUT2D eigenvalue weighted by Crippen LogP contribution is 2.17. The van der Waals surface area contributed by atoms with Gasteiger partial charge in [-0.2, -0.15) is 0 Å². The number of nitrogens with one attached hydrogen (secondary N) is 1. The Bertz CT molecular complexity index is 451. The maximum atomic E-state index is 5.74. The topological polar surface area (TPSA) is 50.9 Å². The normalized spacial score (nSPS) is 12.4. The van der Waals surface area contributed by atoms with Crippen LogP contribution in [0, 0.1) is 0 Å². The summed E-state index contributed by atoms with van der Waals surface area (Å²) >= 11 is 1.63. The average Bonchev–Trinajstić information content (AvgIpc) is 2.75. The van der Waals surface area contributed by atoms with Gasteiger partial charge in [-0.15, -0.1) is 11.3 Å². The Kier molecular flexibility index (Phi) is 4.12. The summed E-state index contributed by atoms with van der Waals surface area (Å²) in [5.41, 5.74) is 8.07. The predicted molar refractivity (Wildman–Crippen MR) is 73.2 cm³/mol. The Labute approximate surface area is 106 Å². The van der Waals surface area contributed by atoms with Crippen LogP contribution in [0.2, 0.25) is 0 Å². The molecule has 0 radical (unpaired) electrons. The van der Waals surface area contributed by atoms with Crippen LogP contribution in [-0.2, 0) is 13.0 Å². The third-order valence-corrected chi connectivity index (χ3v) is 3.22. The molecule has 3 N–H and O–H groups in total. The van der Waals surface area contributed by atoms with E-state index in [1.54, 1.807) is 11.3 Å². The lowest BCUT2D eigenvalue weighted by molar-refractivity contribution is 0.726. The molecule has 1 aromatic heterocycles. The van der Waals surface area contributed by atoms with Crippen molar-refractivity contribution in [2.75, 3.05) is 5.32 Å². The third kappa shape index (κ3) is 3.84. The molecule has 1 atom stereocenters. The van der Waals surface area contributed by atoms with E-state index in [-0.39, 0.29) is 6.04 Å². The molecule has 2 aromatic rings. The lowest BCUT2D eigenvalue weighted by Crippen LogP contribution is -2.17. The highest BCUT2D eigenvalue weighted by atomic mass is 32.1. The monoisotopic (exact) mass is 247 g/mol. The Morgan fingerprint density at radius 2 is 2.12 bits per heavy atom. The SMILES string of the molecule is CC(N)Cc1csc(NCc2ccccc2)n1. The zero-order valence-electron chi connectivity index (χ0n) is 9.89. The second-order valence-corrected chi connectivity index (χ2v) is 5.02. The second-order valence-electron chi connectivity index (χ2n) is 4.16. The maximum absolute atomic E-state index is 5.74. The van der Waals surface area contributed by atoms with Gasteiger partial charge < -0.3 is 11.1 Å². The summed E-state index contributed by atoms with van der Waals surface area (Å²) in [5.74, 6) is 0. The van der Waals surface area contributed by atoms with Crippen LogP contribution in [0.4, 0.5) is 5.13 Å². The Balaban J connectivity index is 1.89. The summed E-state index contributed by atoms with van der Waals surface area (Å²) in [6.45, 7) is 2.81. The second kappa shape index (κ2) is 5.80. The molecule has 1 unspecified atom stereocenters. The van der Waals surface area contributed by atoms with Crippen molar-refractivity contribution in [3.05, 3.63) is 47.0 Å². The van der Waals surface area contributed by atoms with Crippen LogP contribution in [0.3, 0.4) is 0 Å². The number of hydrogen-bond acceptors (Lipinski definition) is 4. The summed E-state index contributed by atoms with van der Waals surface area (Å²) in [5, 5.41) is 6.35. The van der Waals surface area contributed by atoms with Crippen molar-refractivity contribution in [3.8, 4) is 0 Å². The molecule has 0 saturated heterocycles. The first kappa shape index (κ1) is 12.1. The largest absolute Gasteiger partial charge is 0.357 e. The maximum Gasteiger partial charge on any atom is 0.183 e. The molecule has 0 saturated carbocycles. The van der Waals surface area contributed by atoms with Crippen molar-refractivity contribution < 1.29 is 0 Å². The number of nitrogens with zero attached hydrogens (tertiary/aromatic N) is 1. The number of rotatable bonds is 5. The number of aromatic nitrogens is 1. The molecule has 1 aromatic carbocycles. The first-order valence-electron chi connectivity index (χ1n) is 5.72. The first-order chi connectivity index (χ1) is 8.24. The minimum atomic E-state index is 0.166. The fourth-order valence-electron chi connectivity index (χ4n) is 1.59. The van der Waals surface area contributed by atoms with E-state index in [0.717, 1.165) is 23.8 Å². The van der Waals surface area contributed by atoms with Gasteiger partial charge in [-0.05, 0) is 12.5 Å². The van der Waals surface area contributed by atoms with Gasteiger partial charge in [0.2, 0.25) is 0 Å². The van der Waals surface area contributed by atoms with E-state index in [0.29, 0.717) is 0 Å². The van der Waals surface area contributed by atoms with Gasteiger partial charge in [-0.1, -0.05) is 30.3 Å². The fraction of sp³-hybridized carbons (Fsp3) is 0.308. The van der Waals surface area contributed by atoms with Gasteiger partial charge >= 0.3 is 0 Å². The van der Waals surface area contributed by atoms with Gasteiger partial charge in [0, 0.05) is 24.4 Å². The van der Waals surface area contributed by atoms with Crippen LogP contribution in [0.15, 0.2) is 35.7 Å². The van der Waals surface area contributed by atoms with Crippen molar-refractivity contribution in [2.45, 2.75) is 25.9 Å². The van der Waals surface area contributed by atoms with Crippen molar-refractivity contribution in [1.29, 1.82) is 0 Å². The molecule has 0 aliphatic rings. The van der Waals surface area contributed by atoms with Gasteiger partial charge in [-0.3, -0.25) is 0 Å². The van der Waals surface area contributed by atoms with E-state index < -0.39 is 0 Å². The summed E-state index contributed by atoms with van der Waals surface area (Å²) in [7, 11) is 0. The highest BCUT2D eigenvalue weighted by Gasteiger charge is 2.03. The Morgan fingerprint density at radius 1 is 1.35 bits per heavy atom. The van der Waals surface area contributed by atoms with E-state index in [9.17, 15) is 0 Å². The van der Waals surface area contributed by atoms with Crippen LogP contribution in [0.1, 0.15) is 18.2 Å². The van der Waals surface area contributed by atoms with Gasteiger partial charge in [-0.25, -0.2) is 4.98 Å². The lowest BCUT2D eigenvalue weighted by Gasteiger charge is -2.02. The van der Waals surface area contributed by atoms with Crippen molar-refractivity contribution in [1.82, 2.24) is 4.98 Å². The van der Waals surface area contributed by atoms with Gasteiger partial charge in [0.25, 0.3) is 0 Å². The molecule has 0 amide bonds. The third-order valence-electron chi connectivity index (χ3n) is 2.37. The molecule has 1 heterocycles. The van der Waals surface area contributed by atoms with Crippen LogP contribution in [0.5, 0.6) is 0 Å². The number of thiazole rings is 1. The van der Waals surface area contributed by atoms with Crippen molar-refractivity contribution in [3.63, 3.8) is 0 Å². The summed E-state index contributed by atoms with van der Waals surface area (Å²) in [6.07, 6.45) is 0.837. The molecular formula is C13H17N3S. The van der Waals surface area contributed by atoms with Gasteiger partial charge in [0.05, 0.1) is 5.69 Å². The van der Waals surface area contributed by atoms with Crippen LogP contribution in [0.25, 0.3) is 0 Å². The van der Waals surface area contributed by atoms with E-state index in [1.807, 2.05) is 25.1 Å². The molecule has 0 aliphatic heterocycles. The average molecular weight is 247 g/mol. The molecule has 3 nitrogen and oxygen atoms in total. The fourth-order valence-corrected chi connectivity index (χ4v) is 2.31. The summed E-state index contributed by atoms with van der Waals surface area (Å²) in [6, 6.07) is 10.5. The standard InChI is InChI=1S/C13H17N3S/c1-10(14)7-12-9-17-13(16-12)15-8-11-5-3-2-4-6-11/h2-6,9-10H,7-8,14H2,1H3,(H,15,16). The van der Waals surface area contributed by atoms with Crippen LogP contribution in [-0.4, -0.2) is 11.0 Å². The van der Waals surface area contributed by atoms with Gasteiger partial charge in [0.15, 0.2) is 5.13 Å². The van der Waals surface area contributed by atoms with Crippen LogP contribution >= 0.6 is 11.3 Å². The molecule has 0 aliphatic carbocycles. The number of nitrogens with two attached hydrogens (primary N) is 1. The quantitative estimate of drug-likeness (QED) is 0.854. The molecule has 0 bridgehead atoms. The zero-order valence-corrected chi connectivity index (χ0v) is 10.7. The van der Waals surface area contributed by atoms with E-state index in [1.165, 1.54) is 5.56 Å². The predicted octanol–water partition coefficient (Wildman–Crippen LogP) is 2.64. The molecule has 0 spiro atoms. The zero-order chi connectivity index (χ0) is 12.1. The number of benzene rings is 1. The Morgan fingerprint density at radius 3 is 2.82 bits per heavy atom. The molecule has 2 rings (SSSR count). The number of anilines is 1. The molecule has 17 heavy (non-hydrogen) atoms. The molecule has 4 heteroatoms. The lowest BCUT2D eigenvalue weighted by atomic mass is 10.2. The first-order valence-corrected chi connectivity index (χ1v) is 6.60. The summed E-state index contributed by atoms with van der Waals surface area (Å²) in [4.78, 5) is 4.49. The highest BCUT2D eigenvalue weighted by molar-refractivity contribution is 7.13.